The van der Waals surface area contributed by atoms with E-state index in [0.717, 1.165) is 28.4 Å². The van der Waals surface area contributed by atoms with E-state index in [4.69, 9.17) is 11.6 Å². The molecule has 3 heteroatoms. The maximum atomic E-state index is 10.7. The molecule has 0 bridgehead atoms. The van der Waals surface area contributed by atoms with E-state index in [1.165, 1.54) is 0 Å². The van der Waals surface area contributed by atoms with Crippen molar-refractivity contribution in [3.63, 3.8) is 0 Å². The van der Waals surface area contributed by atoms with E-state index in [1.54, 1.807) is 6.07 Å². The van der Waals surface area contributed by atoms with Crippen LogP contribution in [0.4, 0.5) is 0 Å². The van der Waals surface area contributed by atoms with Gasteiger partial charge in [0.25, 0.3) is 0 Å². The van der Waals surface area contributed by atoms with Crippen LogP contribution >= 0.6 is 11.6 Å². The number of pyridine rings is 1. The highest BCUT2D eigenvalue weighted by molar-refractivity contribution is 6.33. The van der Waals surface area contributed by atoms with Gasteiger partial charge in [-0.15, -0.1) is 0 Å². The summed E-state index contributed by atoms with van der Waals surface area (Å²) in [4.78, 5) is 15.4. The first kappa shape index (κ1) is 12.8. The molecule has 0 aliphatic heterocycles. The summed E-state index contributed by atoms with van der Waals surface area (Å²) >= 11 is 6.04. The van der Waals surface area contributed by atoms with Gasteiger partial charge < -0.3 is 0 Å². The van der Waals surface area contributed by atoms with E-state index in [1.807, 2.05) is 42.5 Å². The van der Waals surface area contributed by atoms with Gasteiger partial charge in [-0.05, 0) is 29.8 Å². The van der Waals surface area contributed by atoms with Gasteiger partial charge in [-0.1, -0.05) is 41.9 Å². The van der Waals surface area contributed by atoms with Crippen LogP contribution in [0.2, 0.25) is 5.02 Å². The lowest BCUT2D eigenvalue weighted by atomic mass is 10.1. The molecular weight excluding hydrogens is 270 g/mol. The van der Waals surface area contributed by atoms with Crippen molar-refractivity contribution in [1.29, 1.82) is 0 Å². The predicted molar refractivity (Wildman–Crippen MR) is 81.4 cm³/mol. The summed E-state index contributed by atoms with van der Waals surface area (Å²) in [7, 11) is 0. The molecule has 0 radical (unpaired) electrons. The molecule has 0 unspecified atom stereocenters. The number of benzene rings is 2. The SMILES string of the molecule is O=Cc1ccc(Cc2ccc3ccccc3n2)cc1Cl. The summed E-state index contributed by atoms with van der Waals surface area (Å²) in [5.74, 6) is 0. The maximum absolute atomic E-state index is 10.7. The molecule has 3 rings (SSSR count). The Morgan fingerprint density at radius 2 is 1.90 bits per heavy atom. The highest BCUT2D eigenvalue weighted by atomic mass is 35.5. The highest BCUT2D eigenvalue weighted by Gasteiger charge is 2.04. The Kier molecular flexibility index (Phi) is 3.48. The molecule has 2 aromatic carbocycles. The first-order valence-corrected chi connectivity index (χ1v) is 6.72. The van der Waals surface area contributed by atoms with Crippen LogP contribution in [0.1, 0.15) is 21.6 Å². The van der Waals surface area contributed by atoms with Gasteiger partial charge in [-0.25, -0.2) is 0 Å². The van der Waals surface area contributed by atoms with E-state index in [-0.39, 0.29) is 0 Å². The number of hydrogen-bond acceptors (Lipinski definition) is 2. The summed E-state index contributed by atoms with van der Waals surface area (Å²) < 4.78 is 0. The van der Waals surface area contributed by atoms with Gasteiger partial charge >= 0.3 is 0 Å². The first-order valence-electron chi connectivity index (χ1n) is 6.34. The Hall–Kier alpha value is -2.19. The summed E-state index contributed by atoms with van der Waals surface area (Å²) in [5, 5.41) is 1.61. The number of fused-ring (bicyclic) bond motifs is 1. The standard InChI is InChI=1S/C17H12ClNO/c18-16-10-12(5-6-14(16)11-20)9-15-8-7-13-3-1-2-4-17(13)19-15/h1-8,10-11H,9H2. The second-order valence-corrected chi connectivity index (χ2v) is 5.05. The third-order valence-electron chi connectivity index (χ3n) is 3.23. The monoisotopic (exact) mass is 281 g/mol. The Morgan fingerprint density at radius 1 is 1.05 bits per heavy atom. The molecule has 2 nitrogen and oxygen atoms in total. The summed E-state index contributed by atoms with van der Waals surface area (Å²) in [6.45, 7) is 0. The van der Waals surface area contributed by atoms with Gasteiger partial charge in [0.15, 0.2) is 6.29 Å². The Bertz CT molecular complexity index is 783. The van der Waals surface area contributed by atoms with Crippen LogP contribution < -0.4 is 0 Å². The fourth-order valence-corrected chi connectivity index (χ4v) is 2.44. The van der Waals surface area contributed by atoms with E-state index in [9.17, 15) is 4.79 Å². The van der Waals surface area contributed by atoms with Crippen molar-refractivity contribution in [1.82, 2.24) is 4.98 Å². The van der Waals surface area contributed by atoms with Gasteiger partial charge in [0.2, 0.25) is 0 Å². The number of nitrogens with zero attached hydrogens (tertiary/aromatic N) is 1. The molecule has 0 amide bonds. The van der Waals surface area contributed by atoms with Crippen LogP contribution in [0, 0.1) is 0 Å². The smallest absolute Gasteiger partial charge is 0.151 e. The first-order chi connectivity index (χ1) is 9.76. The lowest BCUT2D eigenvalue weighted by Gasteiger charge is -2.05. The quantitative estimate of drug-likeness (QED) is 0.670. The number of halogens is 1. The van der Waals surface area contributed by atoms with Crippen molar-refractivity contribution in [3.05, 3.63) is 76.4 Å². The minimum atomic E-state index is 0.485. The number of para-hydroxylation sites is 1. The van der Waals surface area contributed by atoms with Crippen LogP contribution in [-0.4, -0.2) is 11.3 Å². The number of hydrogen-bond donors (Lipinski definition) is 0. The molecule has 1 aromatic heterocycles. The van der Waals surface area contributed by atoms with E-state index >= 15 is 0 Å². The molecule has 3 aromatic rings. The average molecular weight is 282 g/mol. The number of aromatic nitrogens is 1. The molecule has 20 heavy (non-hydrogen) atoms. The van der Waals surface area contributed by atoms with Crippen molar-refractivity contribution in [2.75, 3.05) is 0 Å². The van der Waals surface area contributed by atoms with Crippen molar-refractivity contribution in [2.24, 2.45) is 0 Å². The lowest BCUT2D eigenvalue weighted by Crippen LogP contribution is -1.94. The third-order valence-corrected chi connectivity index (χ3v) is 3.56. The second-order valence-electron chi connectivity index (χ2n) is 4.65. The zero-order chi connectivity index (χ0) is 13.9. The molecule has 0 N–H and O–H groups in total. The van der Waals surface area contributed by atoms with Crippen molar-refractivity contribution in [3.8, 4) is 0 Å². The summed E-state index contributed by atoms with van der Waals surface area (Å²) in [5.41, 5.74) is 3.53. The number of carbonyl (C=O) groups excluding carboxylic acids is 1. The summed E-state index contributed by atoms with van der Waals surface area (Å²) in [6.07, 6.45) is 1.46. The molecule has 0 atom stereocenters. The third kappa shape index (κ3) is 2.56. The van der Waals surface area contributed by atoms with Crippen LogP contribution in [0.5, 0.6) is 0 Å². The molecular formula is C17H12ClNO. The number of aldehydes is 1. The molecule has 0 aliphatic carbocycles. The lowest BCUT2D eigenvalue weighted by molar-refractivity contribution is 0.112. The zero-order valence-corrected chi connectivity index (χ0v) is 11.5. The largest absolute Gasteiger partial charge is 0.298 e. The van der Waals surface area contributed by atoms with Gasteiger partial charge in [-0.3, -0.25) is 9.78 Å². The number of carbonyl (C=O) groups is 1. The van der Waals surface area contributed by atoms with E-state index in [2.05, 4.69) is 11.1 Å². The van der Waals surface area contributed by atoms with Gasteiger partial charge in [0.05, 0.1) is 10.5 Å². The highest BCUT2D eigenvalue weighted by Crippen LogP contribution is 2.19. The minimum Gasteiger partial charge on any atom is -0.298 e. The predicted octanol–water partition coefficient (Wildman–Crippen LogP) is 4.29. The van der Waals surface area contributed by atoms with Gasteiger partial charge in [0, 0.05) is 23.1 Å². The molecule has 98 valence electrons. The molecule has 1 heterocycles. The zero-order valence-electron chi connectivity index (χ0n) is 10.7. The van der Waals surface area contributed by atoms with Crippen molar-refractivity contribution >= 4 is 28.8 Å². The van der Waals surface area contributed by atoms with E-state index < -0.39 is 0 Å². The second kappa shape index (κ2) is 5.43. The molecule has 0 fully saturated rings. The van der Waals surface area contributed by atoms with Crippen molar-refractivity contribution in [2.45, 2.75) is 6.42 Å². The summed E-state index contributed by atoms with van der Waals surface area (Å²) in [6, 6.07) is 17.6. The topological polar surface area (TPSA) is 30.0 Å². The van der Waals surface area contributed by atoms with Crippen LogP contribution in [0.15, 0.2) is 54.6 Å². The van der Waals surface area contributed by atoms with E-state index in [0.29, 0.717) is 17.0 Å². The molecule has 0 aliphatic rings. The van der Waals surface area contributed by atoms with Crippen LogP contribution in [0.25, 0.3) is 10.9 Å². The fraction of sp³-hybridized carbons (Fsp3) is 0.0588. The minimum absolute atomic E-state index is 0.485. The normalized spacial score (nSPS) is 10.7. The number of rotatable bonds is 3. The molecule has 0 saturated heterocycles. The average Bonchev–Trinajstić information content (AvgIpc) is 2.47. The Balaban J connectivity index is 1.92. The Morgan fingerprint density at radius 3 is 2.70 bits per heavy atom. The van der Waals surface area contributed by atoms with Gasteiger partial charge in [-0.2, -0.15) is 0 Å². The van der Waals surface area contributed by atoms with Crippen molar-refractivity contribution < 1.29 is 4.79 Å². The molecule has 0 saturated carbocycles. The maximum Gasteiger partial charge on any atom is 0.151 e. The van der Waals surface area contributed by atoms with Crippen LogP contribution in [-0.2, 0) is 6.42 Å². The Labute approximate surface area is 122 Å². The molecule has 0 spiro atoms. The van der Waals surface area contributed by atoms with Crippen LogP contribution in [0.3, 0.4) is 0 Å². The fourth-order valence-electron chi connectivity index (χ4n) is 2.19. The van der Waals surface area contributed by atoms with Gasteiger partial charge in [0.1, 0.15) is 0 Å².